The number of benzene rings is 1. The van der Waals surface area contributed by atoms with Gasteiger partial charge in [-0.25, -0.2) is 17.8 Å². The Morgan fingerprint density at radius 2 is 2.00 bits per heavy atom. The lowest BCUT2D eigenvalue weighted by molar-refractivity contribution is 0.0976. The lowest BCUT2D eigenvalue weighted by Crippen LogP contribution is -2.30. The van der Waals surface area contributed by atoms with E-state index in [9.17, 15) is 13.2 Å². The number of carbonyl (C=O) groups excluding carboxylic acids is 1. The predicted octanol–water partition coefficient (Wildman–Crippen LogP) is 2.21. The molecule has 0 spiro atoms. The molecule has 1 N–H and O–H groups in total. The van der Waals surface area contributed by atoms with Gasteiger partial charge in [-0.2, -0.15) is 5.10 Å². The SMILES string of the molecule is Cc1nn(-c2cccnc2)c2ccc(C(=O)NS(C)(=O)=O)c(OC(C)C)c12. The van der Waals surface area contributed by atoms with E-state index in [0.717, 1.165) is 17.5 Å². The average Bonchev–Trinajstić information content (AvgIpc) is 2.91. The summed E-state index contributed by atoms with van der Waals surface area (Å²) in [7, 11) is -3.70. The number of hydrogen-bond donors (Lipinski definition) is 1. The third-order valence-corrected chi connectivity index (χ3v) is 4.30. The second-order valence-corrected chi connectivity index (χ2v) is 8.16. The minimum absolute atomic E-state index is 0.135. The first-order chi connectivity index (χ1) is 12.7. The van der Waals surface area contributed by atoms with Crippen molar-refractivity contribution in [2.24, 2.45) is 0 Å². The zero-order chi connectivity index (χ0) is 19.8. The predicted molar refractivity (Wildman–Crippen MR) is 102 cm³/mol. The maximum atomic E-state index is 12.5. The van der Waals surface area contributed by atoms with Gasteiger partial charge in [-0.15, -0.1) is 0 Å². The Morgan fingerprint density at radius 1 is 1.26 bits per heavy atom. The number of nitrogens with one attached hydrogen (secondary N) is 1. The molecule has 8 nitrogen and oxygen atoms in total. The van der Waals surface area contributed by atoms with Crippen molar-refractivity contribution in [3.63, 3.8) is 0 Å². The van der Waals surface area contributed by atoms with Crippen LogP contribution in [0, 0.1) is 6.92 Å². The van der Waals surface area contributed by atoms with Crippen molar-refractivity contribution in [1.82, 2.24) is 19.5 Å². The van der Waals surface area contributed by atoms with Crippen LogP contribution in [0.3, 0.4) is 0 Å². The quantitative estimate of drug-likeness (QED) is 0.719. The maximum absolute atomic E-state index is 12.5. The molecule has 1 aromatic carbocycles. The van der Waals surface area contributed by atoms with Gasteiger partial charge in [0.1, 0.15) is 5.75 Å². The van der Waals surface area contributed by atoms with Crippen molar-refractivity contribution in [3.05, 3.63) is 47.9 Å². The molecule has 0 saturated heterocycles. The van der Waals surface area contributed by atoms with Gasteiger partial charge >= 0.3 is 0 Å². The maximum Gasteiger partial charge on any atom is 0.268 e. The molecule has 0 aliphatic heterocycles. The Balaban J connectivity index is 2.25. The number of pyridine rings is 1. The fraction of sp³-hybridized carbons (Fsp3) is 0.278. The van der Waals surface area contributed by atoms with Gasteiger partial charge in [0, 0.05) is 6.20 Å². The van der Waals surface area contributed by atoms with Crippen LogP contribution in [-0.4, -0.2) is 41.4 Å². The number of nitrogens with zero attached hydrogens (tertiary/aromatic N) is 3. The van der Waals surface area contributed by atoms with Crippen LogP contribution in [0.1, 0.15) is 29.9 Å². The second kappa shape index (κ2) is 6.99. The topological polar surface area (TPSA) is 103 Å². The number of rotatable bonds is 5. The Labute approximate surface area is 157 Å². The number of carbonyl (C=O) groups is 1. The Morgan fingerprint density at radius 3 is 2.59 bits per heavy atom. The van der Waals surface area contributed by atoms with Crippen molar-refractivity contribution < 1.29 is 17.9 Å². The lowest BCUT2D eigenvalue weighted by Gasteiger charge is -2.15. The van der Waals surface area contributed by atoms with Crippen molar-refractivity contribution in [3.8, 4) is 11.4 Å². The van der Waals surface area contributed by atoms with E-state index in [2.05, 4.69) is 10.1 Å². The fourth-order valence-corrected chi connectivity index (χ4v) is 3.24. The average molecular weight is 388 g/mol. The van der Waals surface area contributed by atoms with Gasteiger partial charge in [-0.1, -0.05) is 0 Å². The van der Waals surface area contributed by atoms with Crippen molar-refractivity contribution >= 4 is 26.8 Å². The summed E-state index contributed by atoms with van der Waals surface area (Å²) in [6, 6.07) is 6.92. The molecular formula is C18H20N4O4S. The van der Waals surface area contributed by atoms with Crippen LogP contribution in [0.25, 0.3) is 16.6 Å². The van der Waals surface area contributed by atoms with Crippen LogP contribution in [0.4, 0.5) is 0 Å². The summed E-state index contributed by atoms with van der Waals surface area (Å²) in [5, 5.41) is 5.20. The summed E-state index contributed by atoms with van der Waals surface area (Å²) < 4.78 is 32.5. The number of aryl methyl sites for hydroxylation is 1. The van der Waals surface area contributed by atoms with Crippen LogP contribution in [0.15, 0.2) is 36.7 Å². The van der Waals surface area contributed by atoms with E-state index in [0.29, 0.717) is 16.8 Å². The molecule has 0 atom stereocenters. The van der Waals surface area contributed by atoms with Gasteiger partial charge in [-0.05, 0) is 45.0 Å². The summed E-state index contributed by atoms with van der Waals surface area (Å²) in [4.78, 5) is 16.6. The van der Waals surface area contributed by atoms with E-state index in [-0.39, 0.29) is 11.7 Å². The number of hydrogen-bond acceptors (Lipinski definition) is 6. The normalized spacial score (nSPS) is 11.7. The molecule has 2 heterocycles. The van der Waals surface area contributed by atoms with E-state index in [1.54, 1.807) is 36.1 Å². The van der Waals surface area contributed by atoms with E-state index >= 15 is 0 Å². The van der Waals surface area contributed by atoms with Crippen molar-refractivity contribution in [2.75, 3.05) is 6.26 Å². The van der Waals surface area contributed by atoms with E-state index in [1.807, 2.05) is 24.6 Å². The standard InChI is InChI=1S/C18H20N4O4S/c1-11(2)26-17-14(18(23)21-27(4,24)25)7-8-15-16(17)12(3)20-22(15)13-6-5-9-19-10-13/h5-11H,1-4H3,(H,21,23). The van der Waals surface area contributed by atoms with Crippen molar-refractivity contribution in [2.45, 2.75) is 26.9 Å². The molecule has 142 valence electrons. The van der Waals surface area contributed by atoms with Gasteiger partial charge in [0.25, 0.3) is 5.91 Å². The molecule has 0 aliphatic carbocycles. The van der Waals surface area contributed by atoms with Crippen molar-refractivity contribution in [1.29, 1.82) is 0 Å². The van der Waals surface area contributed by atoms with E-state index < -0.39 is 15.9 Å². The highest BCUT2D eigenvalue weighted by Gasteiger charge is 2.23. The van der Waals surface area contributed by atoms with Gasteiger partial charge in [0.2, 0.25) is 10.0 Å². The number of amides is 1. The minimum Gasteiger partial charge on any atom is -0.489 e. The highest BCUT2D eigenvalue weighted by molar-refractivity contribution is 7.89. The first-order valence-electron chi connectivity index (χ1n) is 8.29. The van der Waals surface area contributed by atoms with Crippen LogP contribution >= 0.6 is 0 Å². The highest BCUT2D eigenvalue weighted by Crippen LogP contribution is 2.34. The summed E-state index contributed by atoms with van der Waals surface area (Å²) in [5.41, 5.74) is 2.28. The summed E-state index contributed by atoms with van der Waals surface area (Å²) in [6.45, 7) is 5.47. The molecule has 0 aliphatic rings. The molecule has 3 rings (SSSR count). The molecule has 27 heavy (non-hydrogen) atoms. The smallest absolute Gasteiger partial charge is 0.268 e. The highest BCUT2D eigenvalue weighted by atomic mass is 32.2. The molecule has 9 heteroatoms. The number of sulfonamides is 1. The second-order valence-electron chi connectivity index (χ2n) is 6.41. The van der Waals surface area contributed by atoms with Gasteiger partial charge in [0.05, 0.1) is 46.4 Å². The fourth-order valence-electron chi connectivity index (χ4n) is 2.79. The molecule has 0 saturated carbocycles. The van der Waals surface area contributed by atoms with Gasteiger partial charge in [0.15, 0.2) is 0 Å². The summed E-state index contributed by atoms with van der Waals surface area (Å²) in [5.74, 6) is -0.445. The molecule has 1 amide bonds. The molecule has 3 aromatic rings. The molecular weight excluding hydrogens is 368 g/mol. The largest absolute Gasteiger partial charge is 0.489 e. The number of ether oxygens (including phenoxy) is 1. The Kier molecular flexibility index (Phi) is 4.88. The third kappa shape index (κ3) is 3.92. The van der Waals surface area contributed by atoms with Gasteiger partial charge in [-0.3, -0.25) is 9.78 Å². The van der Waals surface area contributed by atoms with Crippen LogP contribution in [0.5, 0.6) is 5.75 Å². The summed E-state index contributed by atoms with van der Waals surface area (Å²) in [6.07, 6.45) is 4.06. The minimum atomic E-state index is -3.70. The lowest BCUT2D eigenvalue weighted by atomic mass is 10.1. The molecule has 0 radical (unpaired) electrons. The number of fused-ring (bicyclic) bond motifs is 1. The first-order valence-corrected chi connectivity index (χ1v) is 10.2. The Bertz CT molecular complexity index is 1110. The third-order valence-electron chi connectivity index (χ3n) is 3.74. The monoisotopic (exact) mass is 388 g/mol. The zero-order valence-electron chi connectivity index (χ0n) is 15.4. The molecule has 0 unspecified atom stereocenters. The molecule has 0 bridgehead atoms. The first kappa shape index (κ1) is 18.8. The number of aromatic nitrogens is 3. The van der Waals surface area contributed by atoms with Crippen LogP contribution in [0.2, 0.25) is 0 Å². The van der Waals surface area contributed by atoms with Gasteiger partial charge < -0.3 is 4.74 Å². The van der Waals surface area contributed by atoms with E-state index in [4.69, 9.17) is 4.74 Å². The molecule has 2 aromatic heterocycles. The van der Waals surface area contributed by atoms with Crippen LogP contribution in [-0.2, 0) is 10.0 Å². The zero-order valence-corrected chi connectivity index (χ0v) is 16.2. The Hall–Kier alpha value is -2.94. The summed E-state index contributed by atoms with van der Waals surface area (Å²) >= 11 is 0. The van der Waals surface area contributed by atoms with Crippen LogP contribution < -0.4 is 9.46 Å². The molecule has 0 fully saturated rings. The van der Waals surface area contributed by atoms with E-state index in [1.165, 1.54) is 6.07 Å².